The van der Waals surface area contributed by atoms with Crippen molar-refractivity contribution in [2.45, 2.75) is 24.4 Å². The summed E-state index contributed by atoms with van der Waals surface area (Å²) in [4.78, 5) is 19.6. The fraction of sp³-hybridized carbons (Fsp3) is 0.556. The number of nitrogens with zero attached hydrogens (tertiary/aromatic N) is 5. The summed E-state index contributed by atoms with van der Waals surface area (Å²) < 4.78 is 26.9. The summed E-state index contributed by atoms with van der Waals surface area (Å²) in [6.45, 7) is 0.901. The van der Waals surface area contributed by atoms with Gasteiger partial charge >= 0.3 is 0 Å². The van der Waals surface area contributed by atoms with E-state index in [1.807, 2.05) is 12.1 Å². The first-order chi connectivity index (χ1) is 12.9. The fourth-order valence-electron chi connectivity index (χ4n) is 4.16. The van der Waals surface area contributed by atoms with Crippen molar-refractivity contribution < 1.29 is 13.6 Å². The van der Waals surface area contributed by atoms with E-state index in [9.17, 15) is 13.6 Å². The molecule has 2 unspecified atom stereocenters. The van der Waals surface area contributed by atoms with E-state index in [0.29, 0.717) is 17.4 Å². The molecule has 0 radical (unpaired) electrons. The average Bonchev–Trinajstić information content (AvgIpc) is 2.99. The monoisotopic (exact) mass is 372 g/mol. The van der Waals surface area contributed by atoms with E-state index in [-0.39, 0.29) is 12.6 Å². The second kappa shape index (κ2) is 6.43. The molecule has 1 saturated carbocycles. The van der Waals surface area contributed by atoms with Crippen molar-refractivity contribution in [3.63, 3.8) is 0 Å². The third-order valence-corrected chi connectivity index (χ3v) is 5.62. The van der Waals surface area contributed by atoms with Crippen LogP contribution in [0.4, 0.5) is 14.6 Å². The third-order valence-electron chi connectivity index (χ3n) is 5.62. The Kier molecular flexibility index (Phi) is 4.20. The summed E-state index contributed by atoms with van der Waals surface area (Å²) in [5.41, 5.74) is 0.518. The van der Waals surface area contributed by atoms with Gasteiger partial charge in [0.05, 0.1) is 24.7 Å². The topological polar surface area (TPSA) is 96.0 Å². The van der Waals surface area contributed by atoms with Crippen LogP contribution < -0.4 is 10.2 Å². The SMILES string of the molecule is N#Cc1ccc(N2CC3C(C2)C3NCC(=O)N2CC(F)(F)C[C@H]2C#N)nc1. The van der Waals surface area contributed by atoms with Crippen molar-refractivity contribution in [3.8, 4) is 12.1 Å². The Balaban J connectivity index is 1.26. The van der Waals surface area contributed by atoms with Gasteiger partial charge in [-0.2, -0.15) is 10.5 Å². The predicted molar refractivity (Wildman–Crippen MR) is 90.6 cm³/mol. The number of pyridine rings is 1. The number of nitrogens with one attached hydrogen (secondary N) is 1. The number of amides is 1. The number of rotatable bonds is 4. The minimum absolute atomic E-state index is 0.0267. The summed E-state index contributed by atoms with van der Waals surface area (Å²) in [7, 11) is 0. The molecule has 0 bridgehead atoms. The van der Waals surface area contributed by atoms with Gasteiger partial charge in [0, 0.05) is 31.7 Å². The first kappa shape index (κ1) is 17.6. The van der Waals surface area contributed by atoms with Crippen molar-refractivity contribution in [2.24, 2.45) is 11.8 Å². The highest BCUT2D eigenvalue weighted by Crippen LogP contribution is 2.46. The summed E-state index contributed by atoms with van der Waals surface area (Å²) in [6, 6.07) is 6.52. The van der Waals surface area contributed by atoms with Crippen LogP contribution in [-0.4, -0.2) is 60.0 Å². The van der Waals surface area contributed by atoms with E-state index in [1.54, 1.807) is 18.3 Å². The maximum Gasteiger partial charge on any atom is 0.268 e. The number of carbonyl (C=O) groups is 1. The lowest BCUT2D eigenvalue weighted by atomic mass is 10.2. The molecule has 140 valence electrons. The van der Waals surface area contributed by atoms with Gasteiger partial charge in [-0.1, -0.05) is 0 Å². The highest BCUT2D eigenvalue weighted by molar-refractivity contribution is 5.79. The van der Waals surface area contributed by atoms with Crippen molar-refractivity contribution in [1.82, 2.24) is 15.2 Å². The van der Waals surface area contributed by atoms with Gasteiger partial charge in [-0.15, -0.1) is 0 Å². The summed E-state index contributed by atoms with van der Waals surface area (Å²) in [5, 5.41) is 21.0. The Morgan fingerprint density at radius 3 is 2.67 bits per heavy atom. The summed E-state index contributed by atoms with van der Waals surface area (Å²) in [5.74, 6) is -1.83. The van der Waals surface area contributed by atoms with Crippen molar-refractivity contribution in [3.05, 3.63) is 23.9 Å². The molecule has 1 aromatic heterocycles. The summed E-state index contributed by atoms with van der Waals surface area (Å²) in [6.07, 6.45) is 0.960. The number of aromatic nitrogens is 1. The van der Waals surface area contributed by atoms with Crippen molar-refractivity contribution in [1.29, 1.82) is 10.5 Å². The van der Waals surface area contributed by atoms with Gasteiger partial charge < -0.3 is 15.1 Å². The molecule has 1 N–H and O–H groups in total. The molecule has 27 heavy (non-hydrogen) atoms. The number of anilines is 1. The largest absolute Gasteiger partial charge is 0.356 e. The third kappa shape index (κ3) is 3.31. The Bertz CT molecular complexity index is 818. The maximum atomic E-state index is 13.4. The molecule has 3 heterocycles. The molecular weight excluding hydrogens is 354 g/mol. The zero-order chi connectivity index (χ0) is 19.2. The van der Waals surface area contributed by atoms with Crippen LogP contribution in [0.1, 0.15) is 12.0 Å². The second-order valence-electron chi connectivity index (χ2n) is 7.38. The lowest BCUT2D eigenvalue weighted by Gasteiger charge is -2.22. The predicted octanol–water partition coefficient (Wildman–Crippen LogP) is 0.737. The van der Waals surface area contributed by atoms with Gasteiger partial charge in [0.1, 0.15) is 17.9 Å². The molecule has 3 fully saturated rings. The quantitative estimate of drug-likeness (QED) is 0.837. The zero-order valence-electron chi connectivity index (χ0n) is 14.5. The van der Waals surface area contributed by atoms with Crippen LogP contribution in [0.5, 0.6) is 0 Å². The standard InChI is InChI=1S/C18H18F2N6O/c19-18(20)3-12(5-22)26(10-18)16(27)7-24-17-13-8-25(9-14(13)17)15-2-1-11(4-21)6-23-15/h1-2,6,12-14,17,24H,3,7-10H2/t12-,13?,14?,17?/m0/s1. The van der Waals surface area contributed by atoms with Crippen LogP contribution in [0.2, 0.25) is 0 Å². The first-order valence-electron chi connectivity index (χ1n) is 8.83. The Morgan fingerprint density at radius 1 is 1.33 bits per heavy atom. The van der Waals surface area contributed by atoms with E-state index in [1.165, 1.54) is 0 Å². The smallest absolute Gasteiger partial charge is 0.268 e. The number of hydrogen-bond acceptors (Lipinski definition) is 6. The number of alkyl halides is 2. The van der Waals surface area contributed by atoms with E-state index in [4.69, 9.17) is 10.5 Å². The lowest BCUT2D eigenvalue weighted by Crippen LogP contribution is -2.43. The van der Waals surface area contributed by atoms with Gasteiger partial charge in [0.15, 0.2) is 0 Å². The van der Waals surface area contributed by atoms with Gasteiger partial charge in [-0.25, -0.2) is 13.8 Å². The van der Waals surface area contributed by atoms with E-state index < -0.39 is 30.8 Å². The lowest BCUT2D eigenvalue weighted by molar-refractivity contribution is -0.131. The first-order valence-corrected chi connectivity index (χ1v) is 8.83. The molecule has 2 saturated heterocycles. The molecule has 3 atom stereocenters. The van der Waals surface area contributed by atoms with Crippen LogP contribution in [0, 0.1) is 34.5 Å². The average molecular weight is 372 g/mol. The minimum atomic E-state index is -2.99. The molecule has 1 aliphatic carbocycles. The van der Waals surface area contributed by atoms with Crippen molar-refractivity contribution in [2.75, 3.05) is 31.1 Å². The zero-order valence-corrected chi connectivity index (χ0v) is 14.5. The van der Waals surface area contributed by atoms with Gasteiger partial charge in [0.25, 0.3) is 5.92 Å². The molecule has 9 heteroatoms. The molecule has 0 aromatic carbocycles. The molecule has 1 amide bonds. The molecule has 4 rings (SSSR count). The van der Waals surface area contributed by atoms with Gasteiger partial charge in [-0.05, 0) is 24.0 Å². The van der Waals surface area contributed by atoms with Gasteiger partial charge in [0.2, 0.25) is 5.91 Å². The number of piperidine rings is 1. The number of fused-ring (bicyclic) bond motifs is 1. The number of likely N-dealkylation sites (tertiary alicyclic amines) is 1. The molecule has 0 spiro atoms. The maximum absolute atomic E-state index is 13.4. The highest BCUT2D eigenvalue weighted by Gasteiger charge is 2.56. The minimum Gasteiger partial charge on any atom is -0.356 e. The number of nitriles is 2. The number of carbonyl (C=O) groups excluding carboxylic acids is 1. The van der Waals surface area contributed by atoms with E-state index in [2.05, 4.69) is 15.2 Å². The molecule has 7 nitrogen and oxygen atoms in total. The Labute approximate surface area is 155 Å². The van der Waals surface area contributed by atoms with Crippen molar-refractivity contribution >= 4 is 11.7 Å². The normalized spacial score (nSPS) is 30.5. The fourth-order valence-corrected chi connectivity index (χ4v) is 4.16. The van der Waals surface area contributed by atoms with Crippen LogP contribution in [0.3, 0.4) is 0 Å². The van der Waals surface area contributed by atoms with E-state index >= 15 is 0 Å². The number of hydrogen-bond donors (Lipinski definition) is 1. The molecule has 2 aliphatic heterocycles. The molecule has 1 aromatic rings. The van der Waals surface area contributed by atoms with Crippen LogP contribution >= 0.6 is 0 Å². The second-order valence-corrected chi connectivity index (χ2v) is 7.38. The number of halogens is 2. The Hall–Kier alpha value is -2.78. The highest BCUT2D eigenvalue weighted by atomic mass is 19.3. The summed E-state index contributed by atoms with van der Waals surface area (Å²) >= 11 is 0. The molecule has 3 aliphatic rings. The Morgan fingerprint density at radius 2 is 2.07 bits per heavy atom. The van der Waals surface area contributed by atoms with E-state index in [0.717, 1.165) is 23.8 Å². The van der Waals surface area contributed by atoms with Crippen LogP contribution in [0.15, 0.2) is 18.3 Å². The van der Waals surface area contributed by atoms with Gasteiger partial charge in [-0.3, -0.25) is 4.79 Å². The van der Waals surface area contributed by atoms with Crippen LogP contribution in [-0.2, 0) is 4.79 Å². The molecular formula is C18H18F2N6O. The van der Waals surface area contributed by atoms with Crippen LogP contribution in [0.25, 0.3) is 0 Å².